The molecule has 0 amide bonds. The first kappa shape index (κ1) is 7.01. The van der Waals surface area contributed by atoms with E-state index in [9.17, 15) is 0 Å². The molecule has 0 fully saturated rings. The predicted octanol–water partition coefficient (Wildman–Crippen LogP) is 0.619. The Kier molecular flexibility index (Phi) is 1.83. The van der Waals surface area contributed by atoms with Crippen LogP contribution in [0.4, 0.5) is 5.88 Å². The van der Waals surface area contributed by atoms with Gasteiger partial charge in [-0.1, -0.05) is 19.0 Å². The molecule has 0 radical (unpaired) electrons. The van der Waals surface area contributed by atoms with Crippen molar-refractivity contribution in [2.24, 2.45) is 0 Å². The third-order valence-electron chi connectivity index (χ3n) is 0.956. The molecular weight excluding hydrogens is 371 g/mol. The van der Waals surface area contributed by atoms with E-state index in [-0.39, 0.29) is 0 Å². The minimum Gasteiger partial charge on any atom is -0.559 e. The van der Waals surface area contributed by atoms with Gasteiger partial charge in [0.2, 0.25) is 0 Å². The number of hydrogen-bond acceptors (Lipinski definition) is 3. The Hall–Kier alpha value is -1.99. The van der Waals surface area contributed by atoms with E-state index in [0.717, 1.165) is 12.1 Å². The van der Waals surface area contributed by atoms with Gasteiger partial charge in [0.05, 0.1) is 0 Å². The zero-order chi connectivity index (χ0) is 5.98. The molecule has 9 heavy (non-hydrogen) atoms. The molecule has 46 valence electrons. The van der Waals surface area contributed by atoms with Gasteiger partial charge >= 0.3 is 0 Å². The van der Waals surface area contributed by atoms with Crippen LogP contribution in [0.3, 0.4) is 0 Å². The zero-order valence-corrected chi connectivity index (χ0v) is 11.7. The molecule has 1 aromatic heterocycles. The summed E-state index contributed by atoms with van der Waals surface area (Å²) >= 11 is 0. The van der Waals surface area contributed by atoms with Crippen LogP contribution in [0.2, 0.25) is 0 Å². The smallest absolute Gasteiger partial charge is 0.104 e. The summed E-state index contributed by atoms with van der Waals surface area (Å²) in [6.45, 7) is 1.96. The van der Waals surface area contributed by atoms with Crippen LogP contribution in [0.1, 0.15) is 12.6 Å². The van der Waals surface area contributed by atoms with E-state index in [1.54, 1.807) is 0 Å². The van der Waals surface area contributed by atoms with Gasteiger partial charge in [0.25, 0.3) is 0 Å². The van der Waals surface area contributed by atoms with Crippen molar-refractivity contribution in [1.29, 1.82) is 0 Å². The van der Waals surface area contributed by atoms with Gasteiger partial charge in [0.1, 0.15) is 6.39 Å². The number of aromatic nitrogens is 1. The van der Waals surface area contributed by atoms with Crippen LogP contribution < -0.4 is 5.73 Å². The van der Waals surface area contributed by atoms with E-state index in [4.69, 9.17) is 5.73 Å². The van der Waals surface area contributed by atoms with Gasteiger partial charge in [-0.15, -0.1) is 0 Å². The molecule has 0 atom stereocenters. The van der Waals surface area contributed by atoms with E-state index >= 15 is 0 Å². The molecule has 3 nitrogen and oxygen atoms in total. The summed E-state index contributed by atoms with van der Waals surface area (Å²) in [7, 11) is 0. The summed E-state index contributed by atoms with van der Waals surface area (Å²) in [5, 5.41) is 0. The molecular formula is C5H7N2ORf-. The number of rotatable bonds is 1. The van der Waals surface area contributed by atoms with E-state index in [1.165, 1.54) is 0 Å². The molecule has 0 aliphatic carbocycles. The van der Waals surface area contributed by atoms with Crippen molar-refractivity contribution in [1.82, 2.24) is 4.98 Å². The summed E-state index contributed by atoms with van der Waals surface area (Å²) in [5.41, 5.74) is 6.07. The van der Waals surface area contributed by atoms with Crippen molar-refractivity contribution in [2.45, 2.75) is 13.3 Å². The van der Waals surface area contributed by atoms with Crippen molar-refractivity contribution >= 4 is 5.88 Å². The zero-order valence-electron chi connectivity index (χ0n) is 5.35. The molecule has 1 rings (SSSR count). The molecule has 0 aliphatic rings. The number of nitrogens with zero attached hydrogens (tertiary/aromatic N) is 1. The van der Waals surface area contributed by atoms with Crippen molar-refractivity contribution < 1.29 is 4.42 Å². The Morgan fingerprint density at radius 1 is 1.78 bits per heavy atom. The number of anilines is 1. The second-order valence-electron chi connectivity index (χ2n) is 1.47. The predicted molar refractivity (Wildman–Crippen MR) is 29.1 cm³/mol. The Morgan fingerprint density at radius 3 is 2.67 bits per heavy atom. The average Bonchev–Trinajstić information content (AvgIpc) is 2.14. The maximum atomic E-state index is 5.29. The monoisotopic (exact) mass is 378 g/mol. The molecule has 1 aromatic rings. The van der Waals surface area contributed by atoms with Gasteiger partial charge in [-0.25, -0.2) is 0 Å². The van der Waals surface area contributed by atoms with Gasteiger partial charge in [-0.3, -0.25) is 0 Å². The van der Waals surface area contributed by atoms with Gasteiger partial charge in [-0.05, 0) is 0 Å². The maximum Gasteiger partial charge on any atom is 0.104 e. The van der Waals surface area contributed by atoms with Crippen LogP contribution in [0.25, 0.3) is 0 Å². The summed E-state index contributed by atoms with van der Waals surface area (Å²) in [6, 6.07) is 0. The fourth-order valence-electron chi connectivity index (χ4n) is 0.494. The van der Waals surface area contributed by atoms with Gasteiger partial charge in [0, 0.05) is 5.88 Å². The van der Waals surface area contributed by atoms with Crippen molar-refractivity contribution in [3.63, 3.8) is 0 Å². The molecule has 0 aliphatic heterocycles. The number of hydrogen-bond donors (Lipinski definition) is 1. The quantitative estimate of drug-likeness (QED) is 0.730. The Bertz CT molecular complexity index is 175. The van der Waals surface area contributed by atoms with E-state index in [0.29, 0.717) is 5.88 Å². The van der Waals surface area contributed by atoms with E-state index < -0.39 is 0 Å². The normalized spacial score (nSPS) is 8.56. The first-order chi connectivity index (χ1) is 3.84. The van der Waals surface area contributed by atoms with Gasteiger partial charge in [-0.2, -0.15) is 0 Å². The topological polar surface area (TPSA) is 52.0 Å². The molecule has 0 saturated heterocycles. The SMILES string of the molecule is CCc1n[c-]oc1N.[Rf]. The second-order valence-corrected chi connectivity index (χ2v) is 1.47. The van der Waals surface area contributed by atoms with Crippen LogP contribution >= 0.6 is 0 Å². The van der Waals surface area contributed by atoms with Gasteiger partial charge in [0.15, 0.2) is 0 Å². The van der Waals surface area contributed by atoms with Crippen LogP contribution in [-0.2, 0) is 6.42 Å². The first-order valence-electron chi connectivity index (χ1n) is 2.45. The largest absolute Gasteiger partial charge is 0.559 e. The number of nitrogen functional groups attached to an aromatic ring is 1. The minimum atomic E-state index is 0. The Morgan fingerprint density at radius 2 is 2.44 bits per heavy atom. The Balaban J connectivity index is 0.000000640. The summed E-state index contributed by atoms with van der Waals surface area (Å²) in [5.74, 6) is 0.382. The summed E-state index contributed by atoms with van der Waals surface area (Å²) in [6.07, 6.45) is 3.10. The second kappa shape index (κ2) is 2.35. The average molecular weight is 378 g/mol. The van der Waals surface area contributed by atoms with Crippen LogP contribution in [0.5, 0.6) is 0 Å². The van der Waals surface area contributed by atoms with Crippen molar-refractivity contribution in [3.8, 4) is 0 Å². The molecule has 0 spiro atoms. The minimum absolute atomic E-state index is 0. The fraction of sp³-hybridized carbons (Fsp3) is 0.400. The Labute approximate surface area is 47.5 Å². The molecule has 0 saturated carbocycles. The maximum absolute atomic E-state index is 5.29. The van der Waals surface area contributed by atoms with Crippen molar-refractivity contribution in [2.75, 3.05) is 5.73 Å². The molecule has 4 heteroatoms. The fourth-order valence-corrected chi connectivity index (χ4v) is 0.494. The third kappa shape index (κ3) is 0.964. The summed E-state index contributed by atoms with van der Waals surface area (Å²) < 4.78 is 4.60. The first-order valence-corrected chi connectivity index (χ1v) is 2.45. The van der Waals surface area contributed by atoms with Gasteiger partial charge < -0.3 is 15.1 Å². The molecule has 2 N–H and O–H groups in total. The molecule has 0 unspecified atom stereocenters. The third-order valence-corrected chi connectivity index (χ3v) is 0.956. The van der Waals surface area contributed by atoms with E-state index in [1.807, 2.05) is 6.92 Å². The number of oxazole rings is 1. The summed E-state index contributed by atoms with van der Waals surface area (Å²) in [4.78, 5) is 3.72. The standard InChI is InChI=1S/C5H7N2O.Rf/c1-2-4-5(6)8-3-7-4;/h2,6H2,1H3;/q-1;. The number of nitrogens with two attached hydrogens (primary N) is 1. The molecule has 0 aromatic carbocycles. The number of aryl methyl sites for hydroxylation is 1. The molecule has 1 heterocycles. The van der Waals surface area contributed by atoms with E-state index in [2.05, 4.69) is 15.8 Å². The molecule has 0 bridgehead atoms. The van der Waals surface area contributed by atoms with Crippen molar-refractivity contribution in [3.05, 3.63) is 12.1 Å². The van der Waals surface area contributed by atoms with Crippen LogP contribution in [0, 0.1) is 6.39 Å². The van der Waals surface area contributed by atoms with Crippen LogP contribution in [0.15, 0.2) is 4.42 Å². The van der Waals surface area contributed by atoms with Crippen LogP contribution in [-0.4, -0.2) is 4.98 Å².